The van der Waals surface area contributed by atoms with Gasteiger partial charge in [-0.05, 0) is 39.3 Å². The summed E-state index contributed by atoms with van der Waals surface area (Å²) in [6.07, 6.45) is 3.16. The van der Waals surface area contributed by atoms with E-state index in [1.165, 1.54) is 5.69 Å². The van der Waals surface area contributed by atoms with Crippen molar-refractivity contribution in [2.24, 2.45) is 7.05 Å². The minimum absolute atomic E-state index is 0.483. The highest BCUT2D eigenvalue weighted by atomic mass is 16.3. The maximum atomic E-state index is 9.98. The molecule has 0 radical (unpaired) electrons. The Labute approximate surface area is 105 Å². The Morgan fingerprint density at radius 1 is 1.47 bits per heavy atom. The molecule has 0 aliphatic carbocycles. The average molecular weight is 238 g/mol. The number of aromatic nitrogens is 1. The number of hydrogen-bond donors (Lipinski definition) is 1. The molecule has 1 N–H and O–H groups in total. The fraction of sp³-hybridized carbons (Fsp3) is 0.714. The van der Waals surface area contributed by atoms with E-state index in [1.807, 2.05) is 13.8 Å². The SMILES string of the molecule is CCC(C)N(Cc1cccn1C)CC(C)(C)O. The van der Waals surface area contributed by atoms with Crippen molar-refractivity contribution in [1.29, 1.82) is 0 Å². The summed E-state index contributed by atoms with van der Waals surface area (Å²) >= 11 is 0. The number of hydrogen-bond acceptors (Lipinski definition) is 2. The maximum Gasteiger partial charge on any atom is 0.0718 e. The summed E-state index contributed by atoms with van der Waals surface area (Å²) in [6, 6.07) is 4.69. The van der Waals surface area contributed by atoms with Crippen LogP contribution in [0.25, 0.3) is 0 Å². The largest absolute Gasteiger partial charge is 0.389 e. The van der Waals surface area contributed by atoms with Crippen LogP contribution in [0.1, 0.15) is 39.8 Å². The van der Waals surface area contributed by atoms with Crippen LogP contribution in [0.15, 0.2) is 18.3 Å². The van der Waals surface area contributed by atoms with Crippen LogP contribution in [0.4, 0.5) is 0 Å². The molecule has 98 valence electrons. The van der Waals surface area contributed by atoms with Crippen LogP contribution < -0.4 is 0 Å². The molecule has 3 heteroatoms. The lowest BCUT2D eigenvalue weighted by Gasteiger charge is -2.33. The van der Waals surface area contributed by atoms with E-state index in [0.29, 0.717) is 12.6 Å². The quantitative estimate of drug-likeness (QED) is 0.824. The van der Waals surface area contributed by atoms with Crippen LogP contribution in [0.2, 0.25) is 0 Å². The van der Waals surface area contributed by atoms with E-state index >= 15 is 0 Å². The monoisotopic (exact) mass is 238 g/mol. The van der Waals surface area contributed by atoms with Gasteiger partial charge in [0.05, 0.1) is 5.60 Å². The van der Waals surface area contributed by atoms with E-state index in [-0.39, 0.29) is 0 Å². The van der Waals surface area contributed by atoms with Crippen LogP contribution in [-0.4, -0.2) is 32.8 Å². The second-order valence-corrected chi connectivity index (χ2v) is 5.59. The Morgan fingerprint density at radius 2 is 2.12 bits per heavy atom. The molecule has 1 unspecified atom stereocenters. The molecule has 0 aliphatic rings. The van der Waals surface area contributed by atoms with Gasteiger partial charge in [0.1, 0.15) is 0 Å². The van der Waals surface area contributed by atoms with Gasteiger partial charge >= 0.3 is 0 Å². The van der Waals surface area contributed by atoms with Crippen molar-refractivity contribution in [1.82, 2.24) is 9.47 Å². The normalized spacial score (nSPS) is 14.3. The van der Waals surface area contributed by atoms with Crippen molar-refractivity contribution in [2.75, 3.05) is 6.54 Å². The van der Waals surface area contributed by atoms with Crippen molar-refractivity contribution in [3.63, 3.8) is 0 Å². The number of aliphatic hydroxyl groups is 1. The van der Waals surface area contributed by atoms with Gasteiger partial charge in [-0.25, -0.2) is 0 Å². The molecule has 1 heterocycles. The lowest BCUT2D eigenvalue weighted by atomic mass is 10.1. The summed E-state index contributed by atoms with van der Waals surface area (Å²) in [5, 5.41) is 9.98. The molecule has 0 fully saturated rings. The van der Waals surface area contributed by atoms with Gasteiger partial charge in [0.25, 0.3) is 0 Å². The van der Waals surface area contributed by atoms with Crippen LogP contribution in [0, 0.1) is 0 Å². The molecule has 1 atom stereocenters. The third-order valence-electron chi connectivity index (χ3n) is 3.22. The fourth-order valence-electron chi connectivity index (χ4n) is 1.99. The molecule has 0 bridgehead atoms. The zero-order valence-corrected chi connectivity index (χ0v) is 11.8. The molecular weight excluding hydrogens is 212 g/mol. The first-order valence-corrected chi connectivity index (χ1v) is 6.40. The Kier molecular flexibility index (Phi) is 4.78. The van der Waals surface area contributed by atoms with Crippen molar-refractivity contribution >= 4 is 0 Å². The molecule has 0 amide bonds. The fourth-order valence-corrected chi connectivity index (χ4v) is 1.99. The summed E-state index contributed by atoms with van der Waals surface area (Å²) in [5.74, 6) is 0. The highest BCUT2D eigenvalue weighted by Gasteiger charge is 2.22. The first kappa shape index (κ1) is 14.3. The predicted octanol–water partition coefficient (Wildman–Crippen LogP) is 2.40. The van der Waals surface area contributed by atoms with Gasteiger partial charge in [0.15, 0.2) is 0 Å². The summed E-state index contributed by atoms with van der Waals surface area (Å²) in [5.41, 5.74) is 0.642. The van der Waals surface area contributed by atoms with Gasteiger partial charge < -0.3 is 9.67 Å². The van der Waals surface area contributed by atoms with Gasteiger partial charge in [-0.1, -0.05) is 6.92 Å². The zero-order chi connectivity index (χ0) is 13.1. The van der Waals surface area contributed by atoms with Gasteiger partial charge in [0, 0.05) is 38.1 Å². The minimum Gasteiger partial charge on any atom is -0.389 e. The predicted molar refractivity (Wildman–Crippen MR) is 71.9 cm³/mol. The number of rotatable bonds is 6. The first-order valence-electron chi connectivity index (χ1n) is 6.40. The standard InChI is InChI=1S/C14H26N2O/c1-6-12(2)16(11-14(3,4)17)10-13-8-7-9-15(13)5/h7-9,12,17H,6,10-11H2,1-5H3. The van der Waals surface area contributed by atoms with Crippen LogP contribution >= 0.6 is 0 Å². The minimum atomic E-state index is -0.644. The third kappa shape index (κ3) is 4.52. The summed E-state index contributed by atoms with van der Waals surface area (Å²) in [6.45, 7) is 9.73. The smallest absolute Gasteiger partial charge is 0.0718 e. The van der Waals surface area contributed by atoms with Crippen molar-refractivity contribution in [3.8, 4) is 0 Å². The van der Waals surface area contributed by atoms with E-state index in [2.05, 4.69) is 48.7 Å². The molecular formula is C14H26N2O. The first-order chi connectivity index (χ1) is 7.83. The van der Waals surface area contributed by atoms with E-state index in [1.54, 1.807) is 0 Å². The topological polar surface area (TPSA) is 28.4 Å². The lowest BCUT2D eigenvalue weighted by Crippen LogP contribution is -2.43. The van der Waals surface area contributed by atoms with E-state index < -0.39 is 5.60 Å². The lowest BCUT2D eigenvalue weighted by molar-refractivity contribution is 0.0184. The molecule has 1 aromatic rings. The Bertz CT molecular complexity index is 338. The van der Waals surface area contributed by atoms with Crippen LogP contribution in [0.5, 0.6) is 0 Å². The molecule has 1 rings (SSSR count). The van der Waals surface area contributed by atoms with E-state index in [4.69, 9.17) is 0 Å². The second kappa shape index (κ2) is 5.69. The number of aryl methyl sites for hydroxylation is 1. The summed E-state index contributed by atoms with van der Waals surface area (Å²) in [4.78, 5) is 2.34. The molecule has 3 nitrogen and oxygen atoms in total. The molecule has 0 aromatic carbocycles. The number of nitrogens with zero attached hydrogens (tertiary/aromatic N) is 2. The van der Waals surface area contributed by atoms with E-state index in [9.17, 15) is 5.11 Å². The summed E-state index contributed by atoms with van der Waals surface area (Å²) < 4.78 is 2.14. The van der Waals surface area contributed by atoms with Gasteiger partial charge in [-0.15, -0.1) is 0 Å². The molecule has 0 saturated carbocycles. The van der Waals surface area contributed by atoms with Crippen LogP contribution in [-0.2, 0) is 13.6 Å². The van der Waals surface area contributed by atoms with E-state index in [0.717, 1.165) is 13.0 Å². The molecule has 1 aromatic heterocycles. The highest BCUT2D eigenvalue weighted by molar-refractivity contribution is 5.06. The maximum absolute atomic E-state index is 9.98. The molecule has 0 aliphatic heterocycles. The van der Waals surface area contributed by atoms with Crippen molar-refractivity contribution < 1.29 is 5.11 Å². The molecule has 0 spiro atoms. The second-order valence-electron chi connectivity index (χ2n) is 5.59. The van der Waals surface area contributed by atoms with Crippen molar-refractivity contribution in [2.45, 2.75) is 52.3 Å². The Balaban J connectivity index is 2.74. The highest BCUT2D eigenvalue weighted by Crippen LogP contribution is 2.15. The van der Waals surface area contributed by atoms with Crippen molar-refractivity contribution in [3.05, 3.63) is 24.0 Å². The third-order valence-corrected chi connectivity index (χ3v) is 3.22. The average Bonchev–Trinajstić information content (AvgIpc) is 2.60. The molecule has 17 heavy (non-hydrogen) atoms. The van der Waals surface area contributed by atoms with Gasteiger partial charge in [0.2, 0.25) is 0 Å². The Morgan fingerprint density at radius 3 is 2.53 bits per heavy atom. The summed E-state index contributed by atoms with van der Waals surface area (Å²) in [7, 11) is 2.06. The molecule has 0 saturated heterocycles. The van der Waals surface area contributed by atoms with Gasteiger partial charge in [-0.2, -0.15) is 0 Å². The van der Waals surface area contributed by atoms with Crippen LogP contribution in [0.3, 0.4) is 0 Å². The van der Waals surface area contributed by atoms with Gasteiger partial charge in [-0.3, -0.25) is 4.90 Å². The zero-order valence-electron chi connectivity index (χ0n) is 11.8. The Hall–Kier alpha value is -0.800.